The molecule has 2 aromatic carbocycles. The smallest absolute Gasteiger partial charge is 0.195 e. The highest BCUT2D eigenvalue weighted by Gasteiger charge is 2.37. The number of carbonyl (C=O) groups excluding carboxylic acids is 2. The molecule has 0 atom stereocenters. The second-order valence-corrected chi connectivity index (χ2v) is 8.97. The lowest BCUT2D eigenvalue weighted by Crippen LogP contribution is -2.28. The first-order valence-electron chi connectivity index (χ1n) is 12.4. The Hall–Kier alpha value is -2.22. The van der Waals surface area contributed by atoms with Crippen molar-refractivity contribution in [2.24, 2.45) is 0 Å². The van der Waals surface area contributed by atoms with E-state index in [-0.39, 0.29) is 11.6 Å². The Balaban J connectivity index is 2.39. The van der Waals surface area contributed by atoms with Crippen LogP contribution in [0.15, 0.2) is 18.2 Å². The number of benzene rings is 2. The zero-order valence-corrected chi connectivity index (χ0v) is 20.1. The largest absolute Gasteiger partial charge is 0.289 e. The van der Waals surface area contributed by atoms with E-state index in [1.165, 1.54) is 5.56 Å². The molecular formula is C29H38O2. The van der Waals surface area contributed by atoms with Crippen LogP contribution in [0.25, 0.3) is 0 Å². The highest BCUT2D eigenvalue weighted by Crippen LogP contribution is 2.38. The van der Waals surface area contributed by atoms with Gasteiger partial charge in [-0.3, -0.25) is 9.59 Å². The van der Waals surface area contributed by atoms with Crippen LogP contribution in [0.2, 0.25) is 0 Å². The third-order valence-corrected chi connectivity index (χ3v) is 6.47. The van der Waals surface area contributed by atoms with Gasteiger partial charge in [-0.15, -0.1) is 0 Å². The van der Waals surface area contributed by atoms with E-state index < -0.39 is 0 Å². The summed E-state index contributed by atoms with van der Waals surface area (Å²) < 4.78 is 0. The summed E-state index contributed by atoms with van der Waals surface area (Å²) in [6, 6.07) is 6.45. The second kappa shape index (κ2) is 10.4. The standard InChI is InChI=1S/C29H38O2/c1-6-11-19-16-17-20(12-7-2)25-24(19)28(30)26-22(14-9-4)18-21(13-8-3)23(15-10-5)27(26)29(25)31/h16-18H,6-15H2,1-5H3. The Morgan fingerprint density at radius 1 is 0.484 bits per heavy atom. The van der Waals surface area contributed by atoms with E-state index in [9.17, 15) is 9.59 Å². The minimum Gasteiger partial charge on any atom is -0.289 e. The molecule has 1 aliphatic carbocycles. The molecule has 1 aliphatic rings. The van der Waals surface area contributed by atoms with Gasteiger partial charge in [0.05, 0.1) is 0 Å². The minimum absolute atomic E-state index is 0.0925. The molecule has 0 radical (unpaired) electrons. The topological polar surface area (TPSA) is 34.1 Å². The first-order chi connectivity index (χ1) is 15.0. The number of aryl methyl sites for hydroxylation is 4. The summed E-state index contributed by atoms with van der Waals surface area (Å²) in [5.74, 6) is 0.194. The van der Waals surface area contributed by atoms with Crippen molar-refractivity contribution in [3.63, 3.8) is 0 Å². The maximum Gasteiger partial charge on any atom is 0.195 e. The second-order valence-electron chi connectivity index (χ2n) is 8.97. The van der Waals surface area contributed by atoms with Gasteiger partial charge in [-0.2, -0.15) is 0 Å². The molecule has 2 heteroatoms. The molecule has 0 saturated carbocycles. The van der Waals surface area contributed by atoms with Crippen molar-refractivity contribution in [3.05, 3.63) is 68.3 Å². The summed E-state index contributed by atoms with van der Waals surface area (Å²) in [7, 11) is 0. The van der Waals surface area contributed by atoms with E-state index in [2.05, 4.69) is 52.8 Å². The van der Waals surface area contributed by atoms with Crippen molar-refractivity contribution in [2.45, 2.75) is 98.8 Å². The van der Waals surface area contributed by atoms with Crippen molar-refractivity contribution in [1.82, 2.24) is 0 Å². The van der Waals surface area contributed by atoms with Gasteiger partial charge in [0.15, 0.2) is 11.6 Å². The van der Waals surface area contributed by atoms with Crippen LogP contribution in [0.4, 0.5) is 0 Å². The van der Waals surface area contributed by atoms with E-state index in [0.717, 1.165) is 92.0 Å². The first kappa shape index (κ1) is 23.4. The van der Waals surface area contributed by atoms with Crippen molar-refractivity contribution >= 4 is 11.6 Å². The van der Waals surface area contributed by atoms with E-state index >= 15 is 0 Å². The average Bonchev–Trinajstić information content (AvgIpc) is 2.75. The molecule has 0 aromatic heterocycles. The molecule has 2 nitrogen and oxygen atoms in total. The van der Waals surface area contributed by atoms with Crippen molar-refractivity contribution < 1.29 is 9.59 Å². The molecule has 0 N–H and O–H groups in total. The Kier molecular flexibility index (Phi) is 7.86. The molecular weight excluding hydrogens is 380 g/mol. The number of fused-ring (bicyclic) bond motifs is 2. The molecule has 166 valence electrons. The quantitative estimate of drug-likeness (QED) is 0.348. The van der Waals surface area contributed by atoms with Gasteiger partial charge in [0.2, 0.25) is 0 Å². The van der Waals surface area contributed by atoms with Gasteiger partial charge in [0.1, 0.15) is 0 Å². The molecule has 0 saturated heterocycles. The van der Waals surface area contributed by atoms with Gasteiger partial charge in [0, 0.05) is 22.3 Å². The molecule has 0 spiro atoms. The number of carbonyl (C=O) groups is 2. The monoisotopic (exact) mass is 418 g/mol. The van der Waals surface area contributed by atoms with E-state index in [1.54, 1.807) is 0 Å². The van der Waals surface area contributed by atoms with Gasteiger partial charge < -0.3 is 0 Å². The summed E-state index contributed by atoms with van der Waals surface area (Å²) >= 11 is 0. The lowest BCUT2D eigenvalue weighted by molar-refractivity contribution is 0.0975. The molecule has 0 aliphatic heterocycles. The van der Waals surface area contributed by atoms with Crippen LogP contribution in [0.3, 0.4) is 0 Å². The molecule has 0 bridgehead atoms. The molecule has 3 rings (SSSR count). The van der Waals surface area contributed by atoms with Crippen molar-refractivity contribution in [3.8, 4) is 0 Å². The number of hydrogen-bond acceptors (Lipinski definition) is 2. The fraction of sp³-hybridized carbons (Fsp3) is 0.517. The van der Waals surface area contributed by atoms with Crippen LogP contribution in [0.1, 0.15) is 126 Å². The van der Waals surface area contributed by atoms with Gasteiger partial charge in [-0.05, 0) is 59.9 Å². The Morgan fingerprint density at radius 2 is 0.871 bits per heavy atom. The highest BCUT2D eigenvalue weighted by atomic mass is 16.1. The third-order valence-electron chi connectivity index (χ3n) is 6.47. The number of ketones is 2. The SMILES string of the molecule is CCCc1cc(CCC)c2c(c1CCC)C(=O)c1c(CCC)ccc(CCC)c1C2=O. The lowest BCUT2D eigenvalue weighted by Gasteiger charge is -2.28. The molecule has 31 heavy (non-hydrogen) atoms. The molecule has 0 unspecified atom stereocenters. The Labute approximate surface area is 188 Å². The maximum atomic E-state index is 14.2. The normalized spacial score (nSPS) is 12.8. The predicted molar refractivity (Wildman–Crippen MR) is 130 cm³/mol. The highest BCUT2D eigenvalue weighted by molar-refractivity contribution is 6.30. The maximum absolute atomic E-state index is 14.2. The average molecular weight is 419 g/mol. The minimum atomic E-state index is 0.0925. The fourth-order valence-electron chi connectivity index (χ4n) is 5.26. The summed E-state index contributed by atoms with van der Waals surface area (Å²) in [6.07, 6.45) is 9.25. The van der Waals surface area contributed by atoms with Gasteiger partial charge in [0.25, 0.3) is 0 Å². The molecule has 0 fully saturated rings. The summed E-state index contributed by atoms with van der Waals surface area (Å²) in [4.78, 5) is 28.2. The zero-order valence-electron chi connectivity index (χ0n) is 20.1. The van der Waals surface area contributed by atoms with Crippen molar-refractivity contribution in [2.75, 3.05) is 0 Å². The van der Waals surface area contributed by atoms with Gasteiger partial charge in [-0.1, -0.05) is 84.9 Å². The zero-order chi connectivity index (χ0) is 22.5. The van der Waals surface area contributed by atoms with Gasteiger partial charge in [-0.25, -0.2) is 0 Å². The molecule has 0 heterocycles. The Bertz CT molecular complexity index is 981. The molecule has 0 amide bonds. The predicted octanol–water partition coefficient (Wildman–Crippen LogP) is 7.22. The van der Waals surface area contributed by atoms with Crippen molar-refractivity contribution in [1.29, 1.82) is 0 Å². The lowest BCUT2D eigenvalue weighted by atomic mass is 9.73. The molecule has 2 aromatic rings. The number of rotatable bonds is 10. The summed E-state index contributed by atoms with van der Waals surface area (Å²) in [5, 5.41) is 0. The van der Waals surface area contributed by atoms with E-state index in [1.807, 2.05) is 0 Å². The van der Waals surface area contributed by atoms with E-state index in [0.29, 0.717) is 16.7 Å². The Morgan fingerprint density at radius 3 is 1.35 bits per heavy atom. The third kappa shape index (κ3) is 4.27. The van der Waals surface area contributed by atoms with Crippen LogP contribution in [0, 0.1) is 0 Å². The van der Waals surface area contributed by atoms with Crippen LogP contribution in [-0.4, -0.2) is 11.6 Å². The summed E-state index contributed by atoms with van der Waals surface area (Å²) in [5.41, 5.74) is 8.43. The summed E-state index contributed by atoms with van der Waals surface area (Å²) in [6.45, 7) is 10.8. The van der Waals surface area contributed by atoms with Gasteiger partial charge >= 0.3 is 0 Å². The van der Waals surface area contributed by atoms with Crippen LogP contribution in [0.5, 0.6) is 0 Å². The van der Waals surface area contributed by atoms with Crippen LogP contribution < -0.4 is 0 Å². The van der Waals surface area contributed by atoms with E-state index in [4.69, 9.17) is 0 Å². The fourth-order valence-corrected chi connectivity index (χ4v) is 5.26. The first-order valence-corrected chi connectivity index (χ1v) is 12.4. The number of hydrogen-bond donors (Lipinski definition) is 0. The van der Waals surface area contributed by atoms with Crippen LogP contribution >= 0.6 is 0 Å². The van der Waals surface area contributed by atoms with Crippen LogP contribution in [-0.2, 0) is 32.1 Å².